The second kappa shape index (κ2) is 12.8. The minimum Gasteiger partial charge on any atom is -0.466 e. The van der Waals surface area contributed by atoms with E-state index in [-0.39, 0.29) is 13.2 Å². The minimum atomic E-state index is -4.43. The van der Waals surface area contributed by atoms with Crippen LogP contribution in [0.25, 0.3) is 0 Å². The maximum atomic E-state index is 12.7. The van der Waals surface area contributed by atoms with Crippen LogP contribution in [0.5, 0.6) is 0 Å². The number of amides is 1. The van der Waals surface area contributed by atoms with E-state index in [4.69, 9.17) is 18.4 Å². The van der Waals surface area contributed by atoms with E-state index >= 15 is 0 Å². The average molecular weight is 517 g/mol. The van der Waals surface area contributed by atoms with Gasteiger partial charge in [-0.3, -0.25) is 8.98 Å². The van der Waals surface area contributed by atoms with Crippen LogP contribution in [-0.2, 0) is 44.9 Å². The van der Waals surface area contributed by atoms with Crippen LogP contribution in [0.4, 0.5) is 4.79 Å². The molecule has 198 valence electrons. The molecule has 0 bridgehead atoms. The predicted octanol–water partition coefficient (Wildman–Crippen LogP) is 2.45. The van der Waals surface area contributed by atoms with Crippen molar-refractivity contribution in [1.29, 1.82) is 0 Å². The summed E-state index contributed by atoms with van der Waals surface area (Å²) in [4.78, 5) is 37.1. The van der Waals surface area contributed by atoms with Crippen molar-refractivity contribution in [1.82, 2.24) is 10.0 Å². The molecule has 0 aromatic heterocycles. The summed E-state index contributed by atoms with van der Waals surface area (Å²) in [5.74, 6) is -1.51. The van der Waals surface area contributed by atoms with E-state index in [1.807, 2.05) is 6.07 Å². The molecule has 0 spiro atoms. The molecule has 0 heterocycles. The summed E-state index contributed by atoms with van der Waals surface area (Å²) < 4.78 is 47.5. The van der Waals surface area contributed by atoms with E-state index in [9.17, 15) is 22.8 Å². The van der Waals surface area contributed by atoms with E-state index in [0.717, 1.165) is 5.56 Å². The molecule has 0 saturated heterocycles. The van der Waals surface area contributed by atoms with Crippen molar-refractivity contribution in [2.75, 3.05) is 13.2 Å². The van der Waals surface area contributed by atoms with Gasteiger partial charge in [0.15, 0.2) is 0 Å². The summed E-state index contributed by atoms with van der Waals surface area (Å²) in [6.45, 7) is 10.4. The van der Waals surface area contributed by atoms with Crippen LogP contribution in [0.3, 0.4) is 0 Å². The number of carbonyl (C=O) groups is 3. The lowest BCUT2D eigenvalue weighted by Gasteiger charge is -2.28. The van der Waals surface area contributed by atoms with Gasteiger partial charge in [-0.15, -0.1) is 0 Å². The molecule has 2 atom stereocenters. The fourth-order valence-electron chi connectivity index (χ4n) is 2.59. The van der Waals surface area contributed by atoms with Crippen molar-refractivity contribution in [3.05, 3.63) is 35.9 Å². The maximum Gasteiger partial charge on any atom is 0.408 e. The first-order valence-electron chi connectivity index (χ1n) is 11.1. The third kappa shape index (κ3) is 11.5. The molecular weight excluding hydrogens is 480 g/mol. The Hall–Kier alpha value is -2.70. The normalized spacial score (nSPS) is 13.9. The van der Waals surface area contributed by atoms with Crippen LogP contribution in [0.1, 0.15) is 54.0 Å². The zero-order valence-corrected chi connectivity index (χ0v) is 22.1. The van der Waals surface area contributed by atoms with Crippen LogP contribution in [0, 0.1) is 5.41 Å². The third-order valence-corrected chi connectivity index (χ3v) is 5.47. The van der Waals surface area contributed by atoms with Gasteiger partial charge in [0.25, 0.3) is 0 Å². The summed E-state index contributed by atoms with van der Waals surface area (Å²) in [5.41, 5.74) is -1.41. The summed E-state index contributed by atoms with van der Waals surface area (Å²) in [6.07, 6.45) is -0.944. The molecule has 1 aromatic carbocycles. The van der Waals surface area contributed by atoms with Gasteiger partial charge < -0.3 is 19.5 Å². The molecule has 0 radical (unpaired) electrons. The number of alkyl carbamates (subject to hydrolysis) is 1. The van der Waals surface area contributed by atoms with Gasteiger partial charge in [-0.1, -0.05) is 30.3 Å². The lowest BCUT2D eigenvalue weighted by atomic mass is 9.95. The fourth-order valence-corrected chi connectivity index (χ4v) is 3.69. The molecule has 2 N–H and O–H groups in total. The minimum absolute atomic E-state index is 0.0557. The second-order valence-electron chi connectivity index (χ2n) is 9.44. The highest BCUT2D eigenvalue weighted by atomic mass is 32.2. The SMILES string of the molecule is CCOC(=O)C(C)(C)COS(=O)(=O)NC(C)C(NC(=O)OCc1ccccc1)C(=O)OC(C)(C)C. The molecule has 1 amide bonds. The van der Waals surface area contributed by atoms with Gasteiger partial charge >= 0.3 is 28.3 Å². The third-order valence-electron chi connectivity index (χ3n) is 4.38. The fraction of sp³-hybridized carbons (Fsp3) is 0.609. The number of rotatable bonds is 12. The van der Waals surface area contributed by atoms with E-state index in [2.05, 4.69) is 10.0 Å². The molecule has 11 nitrogen and oxygen atoms in total. The van der Waals surface area contributed by atoms with Gasteiger partial charge in [0.05, 0.1) is 24.7 Å². The smallest absolute Gasteiger partial charge is 0.408 e. The Morgan fingerprint density at radius 1 is 1.00 bits per heavy atom. The summed E-state index contributed by atoms with van der Waals surface area (Å²) >= 11 is 0. The monoisotopic (exact) mass is 516 g/mol. The number of benzene rings is 1. The standard InChI is InChI=1S/C23H36N2O9S/c1-8-31-20(27)23(6,7)15-33-35(29,30)25-16(2)18(19(26)34-22(3,4)5)24-21(28)32-14-17-12-10-9-11-13-17/h9-13,16,18,25H,8,14-15H2,1-7H3,(H,24,28). The molecule has 1 rings (SSSR count). The Balaban J connectivity index is 2.89. The lowest BCUT2D eigenvalue weighted by Crippen LogP contribution is -2.56. The average Bonchev–Trinajstić information content (AvgIpc) is 2.74. The van der Waals surface area contributed by atoms with E-state index < -0.39 is 58.0 Å². The molecule has 0 aliphatic heterocycles. The first-order valence-corrected chi connectivity index (χ1v) is 12.5. The Morgan fingerprint density at radius 2 is 1.60 bits per heavy atom. The molecule has 1 aromatic rings. The van der Waals surface area contributed by atoms with Crippen LogP contribution < -0.4 is 10.0 Å². The van der Waals surface area contributed by atoms with Gasteiger partial charge in [0.2, 0.25) is 0 Å². The van der Waals surface area contributed by atoms with E-state index in [1.54, 1.807) is 52.0 Å². The Morgan fingerprint density at radius 3 is 2.14 bits per heavy atom. The van der Waals surface area contributed by atoms with Crippen molar-refractivity contribution in [3.63, 3.8) is 0 Å². The topological polar surface area (TPSA) is 146 Å². The number of hydrogen-bond donors (Lipinski definition) is 2. The zero-order valence-electron chi connectivity index (χ0n) is 21.2. The van der Waals surface area contributed by atoms with Crippen molar-refractivity contribution >= 4 is 28.3 Å². The van der Waals surface area contributed by atoms with Crippen molar-refractivity contribution in [2.45, 2.75) is 72.8 Å². The molecule has 0 aliphatic rings. The lowest BCUT2D eigenvalue weighted by molar-refractivity contribution is -0.158. The van der Waals surface area contributed by atoms with Gasteiger partial charge in [0.1, 0.15) is 18.2 Å². The number of carbonyl (C=O) groups excluding carboxylic acids is 3. The van der Waals surface area contributed by atoms with E-state index in [0.29, 0.717) is 0 Å². The Kier molecular flexibility index (Phi) is 11.1. The van der Waals surface area contributed by atoms with Crippen LogP contribution in [0.15, 0.2) is 30.3 Å². The molecule has 2 unspecified atom stereocenters. The largest absolute Gasteiger partial charge is 0.466 e. The maximum absolute atomic E-state index is 12.7. The Bertz CT molecular complexity index is 957. The van der Waals surface area contributed by atoms with Crippen molar-refractivity contribution < 1.29 is 41.2 Å². The Labute approximate surface area is 207 Å². The number of hydrogen-bond acceptors (Lipinski definition) is 9. The summed E-state index contributed by atoms with van der Waals surface area (Å²) in [6, 6.07) is 6.25. The first-order chi connectivity index (χ1) is 16.1. The van der Waals surface area contributed by atoms with Crippen LogP contribution in [-0.4, -0.2) is 57.3 Å². The van der Waals surface area contributed by atoms with Gasteiger partial charge in [-0.25, -0.2) is 9.59 Å². The zero-order chi connectivity index (χ0) is 26.9. The predicted molar refractivity (Wildman–Crippen MR) is 127 cm³/mol. The van der Waals surface area contributed by atoms with Gasteiger partial charge in [0, 0.05) is 0 Å². The number of nitrogens with one attached hydrogen (secondary N) is 2. The molecular formula is C23H36N2O9S. The van der Waals surface area contributed by atoms with Crippen LogP contribution >= 0.6 is 0 Å². The number of ether oxygens (including phenoxy) is 3. The van der Waals surface area contributed by atoms with Crippen LogP contribution in [0.2, 0.25) is 0 Å². The van der Waals surface area contributed by atoms with Gasteiger partial charge in [-0.05, 0) is 54.0 Å². The van der Waals surface area contributed by atoms with Crippen molar-refractivity contribution in [2.24, 2.45) is 5.41 Å². The quantitative estimate of drug-likeness (QED) is 0.316. The van der Waals surface area contributed by atoms with Gasteiger partial charge in [-0.2, -0.15) is 13.1 Å². The first kappa shape index (κ1) is 30.3. The molecule has 0 saturated carbocycles. The van der Waals surface area contributed by atoms with E-state index in [1.165, 1.54) is 20.8 Å². The summed E-state index contributed by atoms with van der Waals surface area (Å²) in [7, 11) is -4.43. The molecule has 12 heteroatoms. The molecule has 0 fully saturated rings. The highest BCUT2D eigenvalue weighted by molar-refractivity contribution is 7.84. The molecule has 35 heavy (non-hydrogen) atoms. The highest BCUT2D eigenvalue weighted by Crippen LogP contribution is 2.19. The second-order valence-corrected chi connectivity index (χ2v) is 10.8. The van der Waals surface area contributed by atoms with Crippen molar-refractivity contribution in [3.8, 4) is 0 Å². The summed E-state index contributed by atoms with van der Waals surface area (Å²) in [5, 5.41) is 2.35. The molecule has 0 aliphatic carbocycles. The number of esters is 2. The highest BCUT2D eigenvalue weighted by Gasteiger charge is 2.36.